The highest BCUT2D eigenvalue weighted by Gasteiger charge is 2.14. The Morgan fingerprint density at radius 2 is 0.879 bits per heavy atom. The van der Waals surface area contributed by atoms with E-state index in [0.29, 0.717) is 0 Å². The van der Waals surface area contributed by atoms with Crippen LogP contribution in [0, 0.1) is 13.8 Å². The van der Waals surface area contributed by atoms with Gasteiger partial charge in [-0.2, -0.15) is 0 Å². The van der Waals surface area contributed by atoms with Crippen LogP contribution in [0.3, 0.4) is 0 Å². The molecule has 1 nitrogen and oxygen atoms in total. The molecule has 0 bridgehead atoms. The molecule has 0 aromatic heterocycles. The lowest BCUT2D eigenvalue weighted by Crippen LogP contribution is -2.10. The first-order chi connectivity index (χ1) is 16.2. The molecule has 0 saturated heterocycles. The van der Waals surface area contributed by atoms with Gasteiger partial charge in [-0.15, -0.1) is 0 Å². The van der Waals surface area contributed by atoms with E-state index in [4.69, 9.17) is 0 Å². The molecule has 0 aliphatic carbocycles. The molecule has 0 amide bonds. The third-order valence-corrected chi connectivity index (χ3v) is 6.01. The molecule has 160 valence electrons. The Morgan fingerprint density at radius 3 is 1.45 bits per heavy atom. The smallest absolute Gasteiger partial charge is 0.0467 e. The predicted octanol–water partition coefficient (Wildman–Crippen LogP) is 9.11. The number of hydrogen-bond acceptors (Lipinski definition) is 1. The maximum absolute atomic E-state index is 2.33. The van der Waals surface area contributed by atoms with E-state index < -0.39 is 0 Å². The molecule has 0 aliphatic heterocycles. The van der Waals surface area contributed by atoms with Crippen LogP contribution < -0.4 is 4.90 Å². The van der Waals surface area contributed by atoms with Crippen LogP contribution in [0.2, 0.25) is 0 Å². The van der Waals surface area contributed by atoms with Gasteiger partial charge in [0.05, 0.1) is 0 Å². The van der Waals surface area contributed by atoms with Crippen molar-refractivity contribution in [3.8, 4) is 22.3 Å². The number of nitrogens with zero attached hydrogens (tertiary/aromatic N) is 1. The molecular formula is C32H27N. The van der Waals surface area contributed by atoms with Gasteiger partial charge in [-0.1, -0.05) is 102 Å². The van der Waals surface area contributed by atoms with E-state index in [1.807, 2.05) is 0 Å². The summed E-state index contributed by atoms with van der Waals surface area (Å²) in [6.07, 6.45) is 0. The van der Waals surface area contributed by atoms with E-state index in [2.05, 4.69) is 146 Å². The Bertz CT molecular complexity index is 1300. The van der Waals surface area contributed by atoms with Crippen LogP contribution in [-0.2, 0) is 0 Å². The quantitative estimate of drug-likeness (QED) is 0.271. The van der Waals surface area contributed by atoms with Crippen molar-refractivity contribution in [3.05, 3.63) is 139 Å². The van der Waals surface area contributed by atoms with Gasteiger partial charge in [0.2, 0.25) is 0 Å². The van der Waals surface area contributed by atoms with Gasteiger partial charge in [-0.25, -0.2) is 0 Å². The predicted molar refractivity (Wildman–Crippen MR) is 141 cm³/mol. The SMILES string of the molecule is Cc1ccc(N(c2ccc(C)cc2)c2cccc(-c3ccccc3-c3ccccc3)c2)cc1. The van der Waals surface area contributed by atoms with Gasteiger partial charge in [0.15, 0.2) is 0 Å². The second-order valence-electron chi connectivity index (χ2n) is 8.47. The summed E-state index contributed by atoms with van der Waals surface area (Å²) in [5.41, 5.74) is 10.9. The molecule has 0 N–H and O–H groups in total. The normalized spacial score (nSPS) is 10.7. The highest BCUT2D eigenvalue weighted by Crippen LogP contribution is 2.38. The van der Waals surface area contributed by atoms with Gasteiger partial charge >= 0.3 is 0 Å². The summed E-state index contributed by atoms with van der Waals surface area (Å²) in [6, 6.07) is 45.6. The summed E-state index contributed by atoms with van der Waals surface area (Å²) in [5, 5.41) is 0. The maximum Gasteiger partial charge on any atom is 0.0467 e. The average Bonchev–Trinajstić information content (AvgIpc) is 2.87. The van der Waals surface area contributed by atoms with E-state index in [1.54, 1.807) is 0 Å². The van der Waals surface area contributed by atoms with Crippen molar-refractivity contribution in [3.63, 3.8) is 0 Å². The third-order valence-electron chi connectivity index (χ3n) is 6.01. The van der Waals surface area contributed by atoms with E-state index >= 15 is 0 Å². The van der Waals surface area contributed by atoms with Gasteiger partial charge in [-0.3, -0.25) is 0 Å². The monoisotopic (exact) mass is 425 g/mol. The van der Waals surface area contributed by atoms with Crippen molar-refractivity contribution in [2.24, 2.45) is 0 Å². The topological polar surface area (TPSA) is 3.24 Å². The van der Waals surface area contributed by atoms with E-state index in [1.165, 1.54) is 33.4 Å². The van der Waals surface area contributed by atoms with Crippen molar-refractivity contribution in [1.82, 2.24) is 0 Å². The average molecular weight is 426 g/mol. The first-order valence-corrected chi connectivity index (χ1v) is 11.4. The fourth-order valence-electron chi connectivity index (χ4n) is 4.25. The van der Waals surface area contributed by atoms with Crippen LogP contribution in [0.4, 0.5) is 17.1 Å². The highest BCUT2D eigenvalue weighted by molar-refractivity contribution is 5.86. The number of anilines is 3. The lowest BCUT2D eigenvalue weighted by Gasteiger charge is -2.26. The standard InChI is InChI=1S/C32H27N/c1-24-15-19-28(20-16-24)33(29-21-17-25(2)18-22-29)30-12-8-11-27(23-30)32-14-7-6-13-31(32)26-9-4-3-5-10-26/h3-23H,1-2H3. The molecule has 0 unspecified atom stereocenters. The minimum absolute atomic E-state index is 1.14. The van der Waals surface area contributed by atoms with Crippen LogP contribution in [0.1, 0.15) is 11.1 Å². The Hall–Kier alpha value is -4.10. The van der Waals surface area contributed by atoms with Gasteiger partial charge in [-0.05, 0) is 72.5 Å². The first-order valence-electron chi connectivity index (χ1n) is 11.4. The van der Waals surface area contributed by atoms with E-state index in [0.717, 1.165) is 17.1 Å². The molecule has 1 heteroatoms. The number of hydrogen-bond donors (Lipinski definition) is 0. The Balaban J connectivity index is 1.64. The molecule has 5 aromatic carbocycles. The fraction of sp³-hybridized carbons (Fsp3) is 0.0625. The molecule has 5 rings (SSSR count). The Kier molecular flexibility index (Phi) is 5.78. The van der Waals surface area contributed by atoms with E-state index in [9.17, 15) is 0 Å². The largest absolute Gasteiger partial charge is 0.310 e. The summed E-state index contributed by atoms with van der Waals surface area (Å²) in [4.78, 5) is 2.33. The number of rotatable bonds is 5. The summed E-state index contributed by atoms with van der Waals surface area (Å²) in [6.45, 7) is 4.25. The third kappa shape index (κ3) is 4.44. The Labute approximate surface area is 196 Å². The zero-order valence-electron chi connectivity index (χ0n) is 19.1. The summed E-state index contributed by atoms with van der Waals surface area (Å²) < 4.78 is 0. The summed E-state index contributed by atoms with van der Waals surface area (Å²) in [7, 11) is 0. The molecule has 0 spiro atoms. The lowest BCUT2D eigenvalue weighted by atomic mass is 9.94. The summed E-state index contributed by atoms with van der Waals surface area (Å²) in [5.74, 6) is 0. The number of benzene rings is 5. The molecule has 5 aromatic rings. The zero-order valence-corrected chi connectivity index (χ0v) is 19.1. The molecule has 0 aliphatic rings. The minimum atomic E-state index is 1.14. The minimum Gasteiger partial charge on any atom is -0.310 e. The van der Waals surface area contributed by atoms with Crippen LogP contribution in [0.25, 0.3) is 22.3 Å². The zero-order chi connectivity index (χ0) is 22.6. The second-order valence-corrected chi connectivity index (χ2v) is 8.47. The van der Waals surface area contributed by atoms with Crippen molar-refractivity contribution < 1.29 is 0 Å². The van der Waals surface area contributed by atoms with Gasteiger partial charge in [0.1, 0.15) is 0 Å². The first kappa shape index (κ1) is 20.8. The van der Waals surface area contributed by atoms with Crippen LogP contribution in [-0.4, -0.2) is 0 Å². The number of aryl methyl sites for hydroxylation is 2. The lowest BCUT2D eigenvalue weighted by molar-refractivity contribution is 1.27. The van der Waals surface area contributed by atoms with Crippen LogP contribution in [0.15, 0.2) is 127 Å². The highest BCUT2D eigenvalue weighted by atomic mass is 15.1. The van der Waals surface area contributed by atoms with Crippen molar-refractivity contribution >= 4 is 17.1 Å². The van der Waals surface area contributed by atoms with E-state index in [-0.39, 0.29) is 0 Å². The molecule has 0 saturated carbocycles. The maximum atomic E-state index is 2.33. The Morgan fingerprint density at radius 1 is 0.394 bits per heavy atom. The molecule has 0 heterocycles. The molecular weight excluding hydrogens is 398 g/mol. The van der Waals surface area contributed by atoms with Gasteiger partial charge in [0.25, 0.3) is 0 Å². The van der Waals surface area contributed by atoms with Crippen molar-refractivity contribution in [2.45, 2.75) is 13.8 Å². The van der Waals surface area contributed by atoms with Crippen LogP contribution in [0.5, 0.6) is 0 Å². The van der Waals surface area contributed by atoms with Crippen LogP contribution >= 0.6 is 0 Å². The fourth-order valence-corrected chi connectivity index (χ4v) is 4.25. The molecule has 0 radical (unpaired) electrons. The second kappa shape index (κ2) is 9.18. The van der Waals surface area contributed by atoms with Crippen molar-refractivity contribution in [2.75, 3.05) is 4.90 Å². The molecule has 0 fully saturated rings. The van der Waals surface area contributed by atoms with Gasteiger partial charge in [0, 0.05) is 17.1 Å². The van der Waals surface area contributed by atoms with Crippen molar-refractivity contribution in [1.29, 1.82) is 0 Å². The van der Waals surface area contributed by atoms with Gasteiger partial charge < -0.3 is 4.90 Å². The molecule has 0 atom stereocenters. The summed E-state index contributed by atoms with van der Waals surface area (Å²) >= 11 is 0. The molecule has 33 heavy (non-hydrogen) atoms.